The maximum absolute atomic E-state index is 12.6. The number of rotatable bonds is 7. The van der Waals surface area contributed by atoms with Gasteiger partial charge in [-0.15, -0.1) is 0 Å². The average Bonchev–Trinajstić information content (AvgIpc) is 3.57. The van der Waals surface area contributed by atoms with Crippen LogP contribution in [0.15, 0.2) is 52.3 Å². The Morgan fingerprint density at radius 1 is 1.23 bits per heavy atom. The summed E-state index contributed by atoms with van der Waals surface area (Å²) in [4.78, 5) is 26.5. The van der Waals surface area contributed by atoms with E-state index in [1.54, 1.807) is 0 Å². The summed E-state index contributed by atoms with van der Waals surface area (Å²) in [5.41, 5.74) is 5.30. The number of nitrogens with zero attached hydrogens (tertiary/aromatic N) is 3. The lowest BCUT2D eigenvalue weighted by Gasteiger charge is -2.29. The fourth-order valence-corrected chi connectivity index (χ4v) is 3.86. The monoisotopic (exact) mass is 414 g/mol. The third kappa shape index (κ3) is 4.09. The van der Waals surface area contributed by atoms with Crippen LogP contribution < -0.4 is 31.9 Å². The van der Waals surface area contributed by atoms with E-state index in [1.165, 1.54) is 18.4 Å². The normalized spacial score (nSPS) is 14.5. The Morgan fingerprint density at radius 2 is 2.03 bits per heavy atom. The van der Waals surface area contributed by atoms with Gasteiger partial charge in [-0.05, 0) is 43.0 Å². The van der Waals surface area contributed by atoms with Crippen molar-refractivity contribution in [3.05, 3.63) is 74.8 Å². The van der Waals surface area contributed by atoms with E-state index in [0.717, 1.165) is 35.7 Å². The maximum atomic E-state index is 12.6. The highest BCUT2D eigenvalue weighted by Gasteiger charge is 2.26. The first-order chi connectivity index (χ1) is 15.1. The molecule has 0 amide bonds. The van der Waals surface area contributed by atoms with Gasteiger partial charge in [0.25, 0.3) is 5.56 Å². The second-order valence-corrected chi connectivity index (χ2v) is 8.19. The van der Waals surface area contributed by atoms with Crippen molar-refractivity contribution in [3.63, 3.8) is 0 Å². The molecule has 7 nitrogen and oxygen atoms in total. The van der Waals surface area contributed by atoms with E-state index >= 15 is 0 Å². The van der Waals surface area contributed by atoms with Crippen molar-refractivity contribution >= 4 is 29.5 Å². The Morgan fingerprint density at radius 3 is 2.81 bits per heavy atom. The fraction of sp³-hybridized carbons (Fsp3) is 0.292. The van der Waals surface area contributed by atoms with Crippen LogP contribution in [-0.4, -0.2) is 29.1 Å². The number of nitrogens with one attached hydrogen (secondary N) is 3. The van der Waals surface area contributed by atoms with E-state index < -0.39 is 0 Å². The van der Waals surface area contributed by atoms with Crippen molar-refractivity contribution in [3.8, 4) is 0 Å². The van der Waals surface area contributed by atoms with Crippen LogP contribution in [0, 0.1) is 6.92 Å². The van der Waals surface area contributed by atoms with E-state index in [0.29, 0.717) is 29.2 Å². The van der Waals surface area contributed by atoms with Crippen LogP contribution in [0.25, 0.3) is 6.58 Å². The number of hydrogen-bond acceptors (Lipinski definition) is 6. The van der Waals surface area contributed by atoms with Gasteiger partial charge < -0.3 is 20.5 Å². The molecule has 2 heterocycles. The number of aromatic amines is 1. The van der Waals surface area contributed by atoms with E-state index in [9.17, 15) is 4.79 Å². The summed E-state index contributed by atoms with van der Waals surface area (Å²) >= 11 is 0. The number of anilines is 3. The molecule has 31 heavy (non-hydrogen) atoms. The van der Waals surface area contributed by atoms with Gasteiger partial charge in [0.05, 0.1) is 11.4 Å². The smallest absolute Gasteiger partial charge is 0.279 e. The molecule has 3 aromatic rings. The molecule has 0 atom stereocenters. The van der Waals surface area contributed by atoms with Gasteiger partial charge in [0, 0.05) is 31.4 Å². The topological polar surface area (TPSA) is 85.4 Å². The molecule has 0 bridgehead atoms. The van der Waals surface area contributed by atoms with Gasteiger partial charge in [0.15, 0.2) is 11.2 Å². The highest BCUT2D eigenvalue weighted by Crippen LogP contribution is 2.39. The van der Waals surface area contributed by atoms with Crippen LogP contribution in [0.2, 0.25) is 0 Å². The van der Waals surface area contributed by atoms with Crippen LogP contribution in [0.1, 0.15) is 24.0 Å². The largest absolute Gasteiger partial charge is 0.382 e. The van der Waals surface area contributed by atoms with Gasteiger partial charge in [-0.3, -0.25) is 4.79 Å². The Labute approximate surface area is 180 Å². The van der Waals surface area contributed by atoms with Crippen molar-refractivity contribution in [2.75, 3.05) is 23.3 Å². The molecule has 0 spiro atoms. The zero-order valence-electron chi connectivity index (χ0n) is 17.6. The van der Waals surface area contributed by atoms with Gasteiger partial charge in [0.2, 0.25) is 0 Å². The summed E-state index contributed by atoms with van der Waals surface area (Å²) in [6.07, 6.45) is 2.41. The number of fused-ring (bicyclic) bond motifs is 2. The molecular formula is C24H26N6O. The Bertz CT molecular complexity index is 1280. The molecule has 0 saturated heterocycles. The van der Waals surface area contributed by atoms with Gasteiger partial charge >= 0.3 is 0 Å². The Hall–Kier alpha value is -3.45. The molecule has 1 aromatic heterocycles. The van der Waals surface area contributed by atoms with Gasteiger partial charge in [-0.2, -0.15) is 0 Å². The molecule has 5 rings (SSSR count). The van der Waals surface area contributed by atoms with Crippen molar-refractivity contribution in [2.24, 2.45) is 4.99 Å². The first-order valence-electron chi connectivity index (χ1n) is 10.7. The summed E-state index contributed by atoms with van der Waals surface area (Å²) in [5.74, 6) is 0.559. The Kier molecular flexibility index (Phi) is 5.03. The summed E-state index contributed by atoms with van der Waals surface area (Å²) in [6.45, 7) is 8.07. The number of benzene rings is 2. The third-order valence-corrected chi connectivity index (χ3v) is 5.65. The number of aromatic nitrogens is 2. The van der Waals surface area contributed by atoms with E-state index in [-0.39, 0.29) is 5.56 Å². The predicted molar refractivity (Wildman–Crippen MR) is 124 cm³/mol. The second kappa shape index (κ2) is 8.00. The molecule has 1 aliphatic heterocycles. The van der Waals surface area contributed by atoms with E-state index in [1.807, 2.05) is 24.3 Å². The minimum atomic E-state index is -0.263. The van der Waals surface area contributed by atoms with Crippen LogP contribution in [0.5, 0.6) is 0 Å². The van der Waals surface area contributed by atoms with Crippen molar-refractivity contribution in [2.45, 2.75) is 32.4 Å². The Balaban J connectivity index is 1.47. The highest BCUT2D eigenvalue weighted by molar-refractivity contribution is 5.80. The van der Waals surface area contributed by atoms with Gasteiger partial charge in [-0.1, -0.05) is 36.9 Å². The number of hydrogen-bond donors (Lipinski definition) is 3. The van der Waals surface area contributed by atoms with Crippen molar-refractivity contribution in [1.29, 1.82) is 0 Å². The molecule has 3 N–H and O–H groups in total. The van der Waals surface area contributed by atoms with Crippen LogP contribution in [-0.2, 0) is 6.54 Å². The quantitative estimate of drug-likeness (QED) is 0.517. The fourth-order valence-electron chi connectivity index (χ4n) is 3.86. The summed E-state index contributed by atoms with van der Waals surface area (Å²) < 4.78 is 0. The standard InChI is InChI=1S/C24H26N6O/c1-15-12-20-21(13-19(15)28-18-8-9-18)30(11-10-25-14-17-6-4-3-5-7-17)23-22(29-20)24(31)27-16(2)26-23/h3-7,12-13,18,25,28H,2,8-11,14H2,1H3,(H,27,31). The molecule has 2 aliphatic rings. The lowest BCUT2D eigenvalue weighted by Crippen LogP contribution is -2.43. The van der Waals surface area contributed by atoms with Gasteiger partial charge in [-0.25, -0.2) is 9.98 Å². The maximum Gasteiger partial charge on any atom is 0.279 e. The lowest BCUT2D eigenvalue weighted by molar-refractivity contribution is 0.682. The zero-order valence-corrected chi connectivity index (χ0v) is 17.6. The van der Waals surface area contributed by atoms with Crippen LogP contribution in [0.4, 0.5) is 22.9 Å². The third-order valence-electron chi connectivity index (χ3n) is 5.65. The van der Waals surface area contributed by atoms with Crippen LogP contribution >= 0.6 is 0 Å². The molecule has 0 radical (unpaired) electrons. The summed E-state index contributed by atoms with van der Waals surface area (Å²) in [7, 11) is 0. The van der Waals surface area contributed by atoms with Crippen molar-refractivity contribution < 1.29 is 0 Å². The highest BCUT2D eigenvalue weighted by atomic mass is 16.1. The molecular weight excluding hydrogens is 388 g/mol. The molecule has 158 valence electrons. The minimum absolute atomic E-state index is 0.263. The predicted octanol–water partition coefficient (Wildman–Crippen LogP) is 2.26. The van der Waals surface area contributed by atoms with Crippen LogP contribution in [0.3, 0.4) is 0 Å². The summed E-state index contributed by atoms with van der Waals surface area (Å²) in [6, 6.07) is 15.0. The number of H-pyrrole nitrogens is 1. The SMILES string of the molecule is C=c1nc2c(c(=O)[nH]1)=Nc1cc(C)c(NC3CC3)cc1N2CCNCc1ccccc1. The zero-order chi connectivity index (χ0) is 21.4. The van der Waals surface area contributed by atoms with E-state index in [4.69, 9.17) is 0 Å². The number of aryl methyl sites for hydroxylation is 1. The molecule has 1 fully saturated rings. The lowest BCUT2D eigenvalue weighted by atomic mass is 10.1. The molecule has 1 aliphatic carbocycles. The molecule has 1 saturated carbocycles. The molecule has 2 aromatic carbocycles. The first-order valence-corrected chi connectivity index (χ1v) is 10.7. The molecule has 7 heteroatoms. The molecule has 0 unspecified atom stereocenters. The minimum Gasteiger partial charge on any atom is -0.382 e. The van der Waals surface area contributed by atoms with E-state index in [2.05, 4.69) is 62.2 Å². The average molecular weight is 415 g/mol. The second-order valence-electron chi connectivity index (χ2n) is 8.19. The van der Waals surface area contributed by atoms with Crippen molar-refractivity contribution in [1.82, 2.24) is 15.3 Å². The summed E-state index contributed by atoms with van der Waals surface area (Å²) in [5, 5.41) is 7.43. The first kappa shape index (κ1) is 19.5. The van der Waals surface area contributed by atoms with Gasteiger partial charge in [0.1, 0.15) is 5.48 Å².